The SMILES string of the molecule is CCN(CCC(=O)Nc1ccccc1)C1CCCNC1. The zero-order valence-corrected chi connectivity index (χ0v) is 12.3. The van der Waals surface area contributed by atoms with Crippen molar-refractivity contribution in [1.29, 1.82) is 0 Å². The zero-order valence-electron chi connectivity index (χ0n) is 12.3. The van der Waals surface area contributed by atoms with E-state index in [4.69, 9.17) is 0 Å². The van der Waals surface area contributed by atoms with Crippen molar-refractivity contribution in [3.63, 3.8) is 0 Å². The average molecular weight is 275 g/mol. The molecule has 1 aliphatic rings. The van der Waals surface area contributed by atoms with Crippen LogP contribution in [0.5, 0.6) is 0 Å². The quantitative estimate of drug-likeness (QED) is 0.835. The number of hydrogen-bond acceptors (Lipinski definition) is 3. The molecular weight excluding hydrogens is 250 g/mol. The van der Waals surface area contributed by atoms with Gasteiger partial charge in [-0.3, -0.25) is 9.69 Å². The van der Waals surface area contributed by atoms with E-state index >= 15 is 0 Å². The van der Waals surface area contributed by atoms with E-state index in [0.29, 0.717) is 12.5 Å². The summed E-state index contributed by atoms with van der Waals surface area (Å²) in [6, 6.07) is 10.2. The monoisotopic (exact) mass is 275 g/mol. The lowest BCUT2D eigenvalue weighted by atomic mass is 10.1. The van der Waals surface area contributed by atoms with Crippen LogP contribution < -0.4 is 10.6 Å². The number of carbonyl (C=O) groups excluding carboxylic acids is 1. The highest BCUT2D eigenvalue weighted by molar-refractivity contribution is 5.90. The van der Waals surface area contributed by atoms with Gasteiger partial charge in [0.15, 0.2) is 0 Å². The van der Waals surface area contributed by atoms with Gasteiger partial charge in [-0.15, -0.1) is 0 Å². The molecule has 0 spiro atoms. The first kappa shape index (κ1) is 15.0. The number of amides is 1. The molecule has 0 radical (unpaired) electrons. The van der Waals surface area contributed by atoms with Crippen molar-refractivity contribution in [3.05, 3.63) is 30.3 Å². The van der Waals surface area contributed by atoms with Gasteiger partial charge in [-0.2, -0.15) is 0 Å². The van der Waals surface area contributed by atoms with Crippen LogP contribution in [-0.4, -0.2) is 43.0 Å². The number of anilines is 1. The maximum atomic E-state index is 12.0. The maximum Gasteiger partial charge on any atom is 0.225 e. The molecule has 1 atom stereocenters. The topological polar surface area (TPSA) is 44.4 Å². The first-order chi connectivity index (χ1) is 9.79. The highest BCUT2D eigenvalue weighted by Gasteiger charge is 2.19. The summed E-state index contributed by atoms with van der Waals surface area (Å²) >= 11 is 0. The zero-order chi connectivity index (χ0) is 14.2. The van der Waals surface area contributed by atoms with Gasteiger partial charge in [-0.05, 0) is 38.1 Å². The molecule has 1 aromatic rings. The normalized spacial score (nSPS) is 19.0. The number of rotatable bonds is 6. The standard InChI is InChI=1S/C16H25N3O/c1-2-19(15-9-6-11-17-13-15)12-10-16(20)18-14-7-4-3-5-8-14/h3-5,7-8,15,17H,2,6,9-13H2,1H3,(H,18,20). The Morgan fingerprint density at radius 3 is 2.85 bits per heavy atom. The van der Waals surface area contributed by atoms with Crippen molar-refractivity contribution < 1.29 is 4.79 Å². The van der Waals surface area contributed by atoms with Crippen LogP contribution in [0.4, 0.5) is 5.69 Å². The number of carbonyl (C=O) groups is 1. The van der Waals surface area contributed by atoms with Crippen molar-refractivity contribution in [2.45, 2.75) is 32.2 Å². The summed E-state index contributed by atoms with van der Waals surface area (Å²) in [6.07, 6.45) is 3.03. The molecule has 0 saturated carbocycles. The summed E-state index contributed by atoms with van der Waals surface area (Å²) in [5, 5.41) is 6.38. The Kier molecular flexibility index (Phi) is 6.02. The highest BCUT2D eigenvalue weighted by atomic mass is 16.1. The average Bonchev–Trinajstić information content (AvgIpc) is 2.50. The van der Waals surface area contributed by atoms with Crippen molar-refractivity contribution >= 4 is 11.6 Å². The first-order valence-corrected chi connectivity index (χ1v) is 7.59. The minimum absolute atomic E-state index is 0.0958. The molecular formula is C16H25N3O. The maximum absolute atomic E-state index is 12.0. The molecule has 2 N–H and O–H groups in total. The lowest BCUT2D eigenvalue weighted by Crippen LogP contribution is -2.46. The summed E-state index contributed by atoms with van der Waals surface area (Å²) < 4.78 is 0. The number of likely N-dealkylation sites (N-methyl/N-ethyl adjacent to an activating group) is 1. The fourth-order valence-electron chi connectivity index (χ4n) is 2.73. The van der Waals surface area contributed by atoms with Crippen LogP contribution in [0, 0.1) is 0 Å². The number of para-hydroxylation sites is 1. The summed E-state index contributed by atoms with van der Waals surface area (Å²) in [7, 11) is 0. The van der Waals surface area contributed by atoms with E-state index in [2.05, 4.69) is 22.5 Å². The van der Waals surface area contributed by atoms with Gasteiger partial charge >= 0.3 is 0 Å². The van der Waals surface area contributed by atoms with Gasteiger partial charge in [0.05, 0.1) is 0 Å². The molecule has 1 unspecified atom stereocenters. The van der Waals surface area contributed by atoms with Crippen LogP contribution in [0.25, 0.3) is 0 Å². The fourth-order valence-corrected chi connectivity index (χ4v) is 2.73. The van der Waals surface area contributed by atoms with E-state index in [1.165, 1.54) is 12.8 Å². The Morgan fingerprint density at radius 2 is 2.20 bits per heavy atom. The van der Waals surface area contributed by atoms with Gasteiger partial charge in [0.2, 0.25) is 5.91 Å². The summed E-state index contributed by atoms with van der Waals surface area (Å²) in [5.74, 6) is 0.0958. The largest absolute Gasteiger partial charge is 0.326 e. The molecule has 0 bridgehead atoms. The van der Waals surface area contributed by atoms with Crippen molar-refractivity contribution in [2.75, 3.05) is 31.5 Å². The van der Waals surface area contributed by atoms with E-state index in [1.807, 2.05) is 30.3 Å². The second-order valence-corrected chi connectivity index (χ2v) is 5.29. The van der Waals surface area contributed by atoms with Crippen molar-refractivity contribution in [3.8, 4) is 0 Å². The molecule has 1 aromatic carbocycles. The second kappa shape index (κ2) is 8.02. The van der Waals surface area contributed by atoms with Gasteiger partial charge in [0, 0.05) is 31.2 Å². The van der Waals surface area contributed by atoms with Crippen molar-refractivity contribution in [2.24, 2.45) is 0 Å². The third kappa shape index (κ3) is 4.62. The van der Waals surface area contributed by atoms with E-state index in [1.54, 1.807) is 0 Å². The van der Waals surface area contributed by atoms with Gasteiger partial charge < -0.3 is 10.6 Å². The third-order valence-corrected chi connectivity index (χ3v) is 3.88. The van der Waals surface area contributed by atoms with Crippen LogP contribution in [0.2, 0.25) is 0 Å². The number of benzene rings is 1. The lowest BCUT2D eigenvalue weighted by Gasteiger charge is -2.33. The van der Waals surface area contributed by atoms with Crippen LogP contribution in [0.3, 0.4) is 0 Å². The molecule has 1 fully saturated rings. The van der Waals surface area contributed by atoms with E-state index in [-0.39, 0.29) is 5.91 Å². The Morgan fingerprint density at radius 1 is 1.40 bits per heavy atom. The molecule has 1 heterocycles. The molecule has 20 heavy (non-hydrogen) atoms. The predicted molar refractivity (Wildman–Crippen MR) is 82.8 cm³/mol. The molecule has 0 aromatic heterocycles. The molecule has 1 aliphatic heterocycles. The Hall–Kier alpha value is -1.39. The van der Waals surface area contributed by atoms with Crippen LogP contribution in [0.15, 0.2) is 30.3 Å². The number of piperidine rings is 1. The Bertz CT molecular complexity index is 401. The molecule has 110 valence electrons. The van der Waals surface area contributed by atoms with Gasteiger partial charge in [-0.25, -0.2) is 0 Å². The molecule has 4 heteroatoms. The lowest BCUT2D eigenvalue weighted by molar-refractivity contribution is -0.116. The second-order valence-electron chi connectivity index (χ2n) is 5.29. The minimum atomic E-state index is 0.0958. The molecule has 1 amide bonds. The van der Waals surface area contributed by atoms with Gasteiger partial charge in [0.25, 0.3) is 0 Å². The minimum Gasteiger partial charge on any atom is -0.326 e. The smallest absolute Gasteiger partial charge is 0.225 e. The van der Waals surface area contributed by atoms with E-state index in [9.17, 15) is 4.79 Å². The van der Waals surface area contributed by atoms with Crippen LogP contribution in [-0.2, 0) is 4.79 Å². The number of hydrogen-bond donors (Lipinski definition) is 2. The number of nitrogens with one attached hydrogen (secondary N) is 2. The van der Waals surface area contributed by atoms with Gasteiger partial charge in [0.1, 0.15) is 0 Å². The van der Waals surface area contributed by atoms with Gasteiger partial charge in [-0.1, -0.05) is 25.1 Å². The molecule has 1 saturated heterocycles. The van der Waals surface area contributed by atoms with E-state index in [0.717, 1.165) is 31.9 Å². The van der Waals surface area contributed by atoms with Crippen LogP contribution >= 0.6 is 0 Å². The molecule has 0 aliphatic carbocycles. The van der Waals surface area contributed by atoms with E-state index < -0.39 is 0 Å². The summed E-state index contributed by atoms with van der Waals surface area (Å²) in [4.78, 5) is 14.4. The molecule has 4 nitrogen and oxygen atoms in total. The Balaban J connectivity index is 1.76. The Labute approximate surface area is 121 Å². The summed E-state index contributed by atoms with van der Waals surface area (Å²) in [6.45, 7) is 6.19. The highest BCUT2D eigenvalue weighted by Crippen LogP contribution is 2.11. The predicted octanol–water partition coefficient (Wildman–Crippen LogP) is 2.09. The van der Waals surface area contributed by atoms with Crippen molar-refractivity contribution in [1.82, 2.24) is 10.2 Å². The van der Waals surface area contributed by atoms with Crippen LogP contribution in [0.1, 0.15) is 26.2 Å². The third-order valence-electron chi connectivity index (χ3n) is 3.88. The first-order valence-electron chi connectivity index (χ1n) is 7.59. The molecule has 2 rings (SSSR count). The fraction of sp³-hybridized carbons (Fsp3) is 0.562. The number of nitrogens with zero attached hydrogens (tertiary/aromatic N) is 1. The summed E-state index contributed by atoms with van der Waals surface area (Å²) in [5.41, 5.74) is 0.875.